The quantitative estimate of drug-likeness (QED) is 0.462. The second-order valence-corrected chi connectivity index (χ2v) is 8.70. The lowest BCUT2D eigenvalue weighted by Gasteiger charge is -2.32. The number of esters is 2. The van der Waals surface area contributed by atoms with Gasteiger partial charge >= 0.3 is 18.0 Å². The van der Waals surface area contributed by atoms with E-state index in [-0.39, 0.29) is 13.0 Å². The lowest BCUT2D eigenvalue weighted by molar-refractivity contribution is -0.170. The van der Waals surface area contributed by atoms with Gasteiger partial charge < -0.3 is 14.2 Å². The summed E-state index contributed by atoms with van der Waals surface area (Å²) in [4.78, 5) is 38.2. The van der Waals surface area contributed by atoms with E-state index in [9.17, 15) is 18.8 Å². The first-order valence-corrected chi connectivity index (χ1v) is 9.75. The zero-order valence-electron chi connectivity index (χ0n) is 18.7. The predicted octanol–water partition coefficient (Wildman–Crippen LogP) is 4.04. The van der Waals surface area contributed by atoms with Crippen LogP contribution in [0.1, 0.15) is 53.5 Å². The molecule has 0 saturated carbocycles. The molecule has 1 unspecified atom stereocenters. The number of carbonyl (C=O) groups excluding carboxylic acids is 3. The van der Waals surface area contributed by atoms with Gasteiger partial charge in [0, 0.05) is 13.5 Å². The molecule has 0 N–H and O–H groups in total. The maximum absolute atomic E-state index is 14.3. The molecule has 0 fully saturated rings. The highest BCUT2D eigenvalue weighted by molar-refractivity contribution is 5.84. The normalized spacial score (nSPS) is 13.7. The molecule has 8 heteroatoms. The predicted molar refractivity (Wildman–Crippen MR) is 109 cm³/mol. The molecule has 168 valence electrons. The third-order valence-corrected chi connectivity index (χ3v) is 3.95. The fraction of sp³-hybridized carbons (Fsp3) is 0.591. The number of amides is 1. The summed E-state index contributed by atoms with van der Waals surface area (Å²) in [5, 5.41) is 0. The van der Waals surface area contributed by atoms with E-state index in [0.717, 1.165) is 10.5 Å². The second kappa shape index (κ2) is 10.4. The molecule has 0 bridgehead atoms. The maximum atomic E-state index is 14.3. The summed E-state index contributed by atoms with van der Waals surface area (Å²) in [5.41, 5.74) is -1.78. The molecule has 1 aromatic carbocycles. The van der Waals surface area contributed by atoms with Gasteiger partial charge in [-0.1, -0.05) is 30.3 Å². The van der Waals surface area contributed by atoms with E-state index in [2.05, 4.69) is 0 Å². The average molecular weight is 425 g/mol. The van der Waals surface area contributed by atoms with Crippen molar-refractivity contribution in [1.29, 1.82) is 0 Å². The molecule has 0 aliphatic rings. The zero-order valence-corrected chi connectivity index (χ0v) is 18.7. The van der Waals surface area contributed by atoms with Gasteiger partial charge in [0.2, 0.25) is 0 Å². The summed E-state index contributed by atoms with van der Waals surface area (Å²) in [5.74, 6) is -1.66. The molecule has 7 nitrogen and oxygen atoms in total. The molecule has 0 spiro atoms. The number of halogens is 1. The van der Waals surface area contributed by atoms with E-state index in [1.165, 1.54) is 27.8 Å². The lowest BCUT2D eigenvalue weighted by atomic mass is 10.00. The molecular weight excluding hydrogens is 393 g/mol. The highest BCUT2D eigenvalue weighted by Gasteiger charge is 2.37. The molecule has 0 aliphatic carbocycles. The van der Waals surface area contributed by atoms with Crippen molar-refractivity contribution in [2.75, 3.05) is 7.05 Å². The van der Waals surface area contributed by atoms with Crippen LogP contribution in [0, 0.1) is 0 Å². The van der Waals surface area contributed by atoms with Gasteiger partial charge in [-0.3, -0.25) is 4.90 Å². The molecule has 2 atom stereocenters. The van der Waals surface area contributed by atoms with Gasteiger partial charge in [0.1, 0.15) is 23.9 Å². The van der Waals surface area contributed by atoms with Crippen molar-refractivity contribution in [2.24, 2.45) is 0 Å². The molecule has 1 rings (SSSR count). The topological polar surface area (TPSA) is 82.1 Å². The molecule has 0 aliphatic heterocycles. The minimum atomic E-state index is -1.77. The summed E-state index contributed by atoms with van der Waals surface area (Å²) in [7, 11) is 1.32. The van der Waals surface area contributed by atoms with Crippen LogP contribution in [0.15, 0.2) is 30.3 Å². The smallest absolute Gasteiger partial charge is 0.410 e. The minimum Gasteiger partial charge on any atom is -0.458 e. The molecule has 1 amide bonds. The van der Waals surface area contributed by atoms with Crippen LogP contribution in [0.2, 0.25) is 0 Å². The number of nitrogens with zero attached hydrogens (tertiary/aromatic N) is 1. The van der Waals surface area contributed by atoms with Crippen molar-refractivity contribution in [3.05, 3.63) is 35.9 Å². The van der Waals surface area contributed by atoms with E-state index in [4.69, 9.17) is 14.2 Å². The van der Waals surface area contributed by atoms with E-state index in [1.54, 1.807) is 32.9 Å². The third kappa shape index (κ3) is 9.24. The Balaban J connectivity index is 2.80. The fourth-order valence-corrected chi connectivity index (χ4v) is 2.45. The van der Waals surface area contributed by atoms with Crippen LogP contribution in [0.25, 0.3) is 0 Å². The first-order chi connectivity index (χ1) is 13.7. The SMILES string of the molecule is CC(OC(=O)[C@H](CC(C)(C)F)N(C)C(=O)OC(C)(C)C)C(=O)OCc1ccccc1. The molecule has 30 heavy (non-hydrogen) atoms. The van der Waals surface area contributed by atoms with Crippen LogP contribution in [-0.4, -0.2) is 53.4 Å². The summed E-state index contributed by atoms with van der Waals surface area (Å²) < 4.78 is 29.9. The van der Waals surface area contributed by atoms with E-state index < -0.39 is 41.4 Å². The minimum absolute atomic E-state index is 0.0281. The number of carbonyl (C=O) groups is 3. The average Bonchev–Trinajstić information content (AvgIpc) is 2.62. The standard InChI is InChI=1S/C22H32FNO6/c1-15(18(25)28-14-16-11-9-8-10-12-16)29-19(26)17(13-22(5,6)23)24(7)20(27)30-21(2,3)4/h8-12,15,17H,13-14H2,1-7H3/t15?,17-/m0/s1. The molecule has 1 aromatic rings. The van der Waals surface area contributed by atoms with E-state index >= 15 is 0 Å². The van der Waals surface area contributed by atoms with E-state index in [1.807, 2.05) is 18.2 Å². The number of hydrogen-bond acceptors (Lipinski definition) is 6. The summed E-state index contributed by atoms with van der Waals surface area (Å²) in [6.07, 6.45) is -2.35. The summed E-state index contributed by atoms with van der Waals surface area (Å²) in [6.45, 7) is 8.99. The Bertz CT molecular complexity index is 723. The molecule has 0 heterocycles. The van der Waals surface area contributed by atoms with Crippen molar-refractivity contribution in [3.8, 4) is 0 Å². The lowest BCUT2D eigenvalue weighted by Crippen LogP contribution is -2.49. The number of rotatable bonds is 8. The van der Waals surface area contributed by atoms with Crippen LogP contribution in [-0.2, 0) is 30.4 Å². The van der Waals surface area contributed by atoms with Crippen molar-refractivity contribution >= 4 is 18.0 Å². The maximum Gasteiger partial charge on any atom is 0.410 e. The number of hydrogen-bond donors (Lipinski definition) is 0. The van der Waals surface area contributed by atoms with Crippen molar-refractivity contribution in [1.82, 2.24) is 4.90 Å². The van der Waals surface area contributed by atoms with Crippen molar-refractivity contribution < 1.29 is 33.0 Å². The third-order valence-electron chi connectivity index (χ3n) is 3.95. The Morgan fingerprint density at radius 1 is 1.03 bits per heavy atom. The van der Waals surface area contributed by atoms with Gasteiger partial charge in [0.25, 0.3) is 0 Å². The Labute approximate surface area is 177 Å². The van der Waals surface area contributed by atoms with Gasteiger partial charge in [-0.05, 0) is 47.1 Å². The van der Waals surface area contributed by atoms with Gasteiger partial charge in [-0.2, -0.15) is 0 Å². The largest absolute Gasteiger partial charge is 0.458 e. The van der Waals surface area contributed by atoms with Gasteiger partial charge in [0.15, 0.2) is 6.10 Å². The Morgan fingerprint density at radius 2 is 1.60 bits per heavy atom. The van der Waals surface area contributed by atoms with Crippen LogP contribution in [0.4, 0.5) is 9.18 Å². The van der Waals surface area contributed by atoms with Gasteiger partial charge in [-0.25, -0.2) is 18.8 Å². The highest BCUT2D eigenvalue weighted by atomic mass is 19.1. The highest BCUT2D eigenvalue weighted by Crippen LogP contribution is 2.22. The number of benzene rings is 1. The Morgan fingerprint density at radius 3 is 2.10 bits per heavy atom. The second-order valence-electron chi connectivity index (χ2n) is 8.70. The van der Waals surface area contributed by atoms with Crippen LogP contribution < -0.4 is 0 Å². The Hall–Kier alpha value is -2.64. The number of ether oxygens (including phenoxy) is 3. The Kier molecular flexibility index (Phi) is 8.81. The first-order valence-electron chi connectivity index (χ1n) is 9.75. The van der Waals surface area contributed by atoms with Crippen LogP contribution in [0.5, 0.6) is 0 Å². The fourth-order valence-electron chi connectivity index (χ4n) is 2.45. The summed E-state index contributed by atoms with van der Waals surface area (Å²) in [6, 6.07) is 7.76. The zero-order chi connectivity index (χ0) is 23.1. The van der Waals surface area contributed by atoms with Crippen molar-refractivity contribution in [2.45, 2.75) is 78.0 Å². The van der Waals surface area contributed by atoms with Crippen LogP contribution >= 0.6 is 0 Å². The molecular formula is C22H32FNO6. The van der Waals surface area contributed by atoms with Crippen LogP contribution in [0.3, 0.4) is 0 Å². The van der Waals surface area contributed by atoms with Gasteiger partial charge in [0.05, 0.1) is 0 Å². The number of alkyl halides is 1. The number of likely N-dealkylation sites (N-methyl/N-ethyl adjacent to an activating group) is 1. The summed E-state index contributed by atoms with van der Waals surface area (Å²) >= 11 is 0. The van der Waals surface area contributed by atoms with Crippen molar-refractivity contribution in [3.63, 3.8) is 0 Å². The first kappa shape index (κ1) is 25.4. The molecule has 0 radical (unpaired) electrons. The molecule has 0 saturated heterocycles. The molecule has 0 aromatic heterocycles. The van der Waals surface area contributed by atoms with Gasteiger partial charge in [-0.15, -0.1) is 0 Å². The van der Waals surface area contributed by atoms with E-state index in [0.29, 0.717) is 0 Å². The monoisotopic (exact) mass is 425 g/mol.